The van der Waals surface area contributed by atoms with Crippen molar-refractivity contribution < 1.29 is 4.39 Å². The Balaban J connectivity index is 1.76. The highest BCUT2D eigenvalue weighted by Crippen LogP contribution is 2.59. The standard InChI is InChI=1S/C21H28FN5O2/c1-10-17(14-5-6-21(14)9-25-8-16(23)11(21)2)15(22)7-13-18(10)26(12-3-4-12)20(29)27(24)19(13)28/h7,11-12,14,16,25H,3-6,8-9,23-24H2,1-2H3/t11-,14?,16?,21?/m1/s1. The van der Waals surface area contributed by atoms with Gasteiger partial charge in [0, 0.05) is 25.2 Å². The molecule has 2 saturated carbocycles. The van der Waals surface area contributed by atoms with Crippen molar-refractivity contribution in [2.24, 2.45) is 17.1 Å². The van der Waals surface area contributed by atoms with Gasteiger partial charge < -0.3 is 16.9 Å². The molecule has 2 aromatic rings. The van der Waals surface area contributed by atoms with Crippen LogP contribution >= 0.6 is 0 Å². The summed E-state index contributed by atoms with van der Waals surface area (Å²) >= 11 is 0. The maximum atomic E-state index is 15.4. The van der Waals surface area contributed by atoms with E-state index >= 15 is 4.39 Å². The molecule has 3 aliphatic rings. The maximum absolute atomic E-state index is 15.4. The zero-order valence-electron chi connectivity index (χ0n) is 16.9. The summed E-state index contributed by atoms with van der Waals surface area (Å²) in [7, 11) is 0. The van der Waals surface area contributed by atoms with E-state index in [0.717, 1.165) is 38.8 Å². The molecule has 29 heavy (non-hydrogen) atoms. The van der Waals surface area contributed by atoms with Crippen LogP contribution in [0.25, 0.3) is 10.9 Å². The molecule has 1 aromatic heterocycles. The maximum Gasteiger partial charge on any atom is 0.350 e. The zero-order valence-corrected chi connectivity index (χ0v) is 16.9. The predicted octanol–water partition coefficient (Wildman–Crippen LogP) is 1.09. The Morgan fingerprint density at radius 3 is 2.62 bits per heavy atom. The van der Waals surface area contributed by atoms with Crippen molar-refractivity contribution in [3.63, 3.8) is 0 Å². The summed E-state index contributed by atoms with van der Waals surface area (Å²) in [5.74, 6) is 5.62. The highest BCUT2D eigenvalue weighted by molar-refractivity contribution is 5.83. The van der Waals surface area contributed by atoms with E-state index in [1.54, 1.807) is 4.57 Å². The van der Waals surface area contributed by atoms with Gasteiger partial charge in [0.15, 0.2) is 0 Å². The van der Waals surface area contributed by atoms with Crippen molar-refractivity contribution in [3.05, 3.63) is 43.8 Å². The first-order chi connectivity index (χ1) is 13.8. The normalized spacial score (nSPS) is 31.9. The number of nitrogen functional groups attached to an aromatic ring is 1. The molecule has 1 spiro atoms. The predicted molar refractivity (Wildman–Crippen MR) is 110 cm³/mol. The van der Waals surface area contributed by atoms with Gasteiger partial charge in [-0.3, -0.25) is 9.36 Å². The van der Waals surface area contributed by atoms with Crippen molar-refractivity contribution in [1.29, 1.82) is 0 Å². The number of halogens is 1. The fraction of sp³-hybridized carbons (Fsp3) is 0.619. The Kier molecular flexibility index (Phi) is 3.99. The number of nitrogens with one attached hydrogen (secondary N) is 1. The molecular formula is C21H28FN5O2. The fourth-order valence-corrected chi connectivity index (χ4v) is 5.87. The summed E-state index contributed by atoms with van der Waals surface area (Å²) in [4.78, 5) is 25.4. The van der Waals surface area contributed by atoms with Crippen molar-refractivity contribution >= 4 is 10.9 Å². The fourth-order valence-electron chi connectivity index (χ4n) is 5.87. The number of piperidine rings is 1. The lowest BCUT2D eigenvalue weighted by molar-refractivity contribution is -0.0109. The van der Waals surface area contributed by atoms with E-state index in [-0.39, 0.29) is 40.5 Å². The van der Waals surface area contributed by atoms with Gasteiger partial charge in [-0.15, -0.1) is 0 Å². The van der Waals surface area contributed by atoms with Crippen LogP contribution in [0.3, 0.4) is 0 Å². The molecule has 3 unspecified atom stereocenters. The molecule has 2 aliphatic carbocycles. The van der Waals surface area contributed by atoms with E-state index in [9.17, 15) is 9.59 Å². The van der Waals surface area contributed by atoms with Crippen LogP contribution < -0.4 is 28.1 Å². The van der Waals surface area contributed by atoms with E-state index < -0.39 is 11.2 Å². The third-order valence-corrected chi connectivity index (χ3v) is 7.88. The third kappa shape index (κ3) is 2.42. The summed E-state index contributed by atoms with van der Waals surface area (Å²) in [6, 6.07) is 1.34. The van der Waals surface area contributed by atoms with Crippen molar-refractivity contribution in [3.8, 4) is 0 Å². The molecule has 7 nitrogen and oxygen atoms in total. The number of fused-ring (bicyclic) bond motifs is 1. The summed E-state index contributed by atoms with van der Waals surface area (Å²) in [5, 5.41) is 3.60. The molecule has 5 N–H and O–H groups in total. The first kappa shape index (κ1) is 18.8. The number of aromatic nitrogens is 2. The van der Waals surface area contributed by atoms with Gasteiger partial charge in [0.2, 0.25) is 0 Å². The van der Waals surface area contributed by atoms with E-state index in [2.05, 4.69) is 12.2 Å². The van der Waals surface area contributed by atoms with Gasteiger partial charge >= 0.3 is 5.69 Å². The molecule has 1 aliphatic heterocycles. The number of rotatable bonds is 2. The molecule has 0 amide bonds. The first-order valence-corrected chi connectivity index (χ1v) is 10.5. The lowest BCUT2D eigenvalue weighted by Gasteiger charge is -2.58. The van der Waals surface area contributed by atoms with Crippen molar-refractivity contribution in [1.82, 2.24) is 14.6 Å². The second-order valence-corrected chi connectivity index (χ2v) is 9.26. The smallest absolute Gasteiger partial charge is 0.332 e. The van der Waals surface area contributed by atoms with Crippen LogP contribution in [0.4, 0.5) is 4.39 Å². The summed E-state index contributed by atoms with van der Waals surface area (Å²) < 4.78 is 17.7. The summed E-state index contributed by atoms with van der Waals surface area (Å²) in [6.07, 6.45) is 3.60. The van der Waals surface area contributed by atoms with Crippen LogP contribution in [0.1, 0.15) is 55.7 Å². The molecule has 1 saturated heterocycles. The second-order valence-electron chi connectivity index (χ2n) is 9.26. The van der Waals surface area contributed by atoms with Crippen molar-refractivity contribution in [2.75, 3.05) is 18.9 Å². The first-order valence-electron chi connectivity index (χ1n) is 10.5. The van der Waals surface area contributed by atoms with Crippen LogP contribution in [0.5, 0.6) is 0 Å². The highest BCUT2D eigenvalue weighted by atomic mass is 19.1. The summed E-state index contributed by atoms with van der Waals surface area (Å²) in [6.45, 7) is 5.58. The molecular weight excluding hydrogens is 373 g/mol. The number of aryl methyl sites for hydroxylation is 1. The Bertz CT molecular complexity index is 1130. The van der Waals surface area contributed by atoms with Gasteiger partial charge in [0.25, 0.3) is 5.56 Å². The number of benzene rings is 1. The highest BCUT2D eigenvalue weighted by Gasteiger charge is 2.54. The Morgan fingerprint density at radius 1 is 1.28 bits per heavy atom. The average molecular weight is 401 g/mol. The van der Waals surface area contributed by atoms with Crippen LogP contribution in [0, 0.1) is 24.1 Å². The Morgan fingerprint density at radius 2 is 2.00 bits per heavy atom. The number of nitrogens with two attached hydrogens (primary N) is 2. The molecule has 8 heteroatoms. The van der Waals surface area contributed by atoms with Crippen LogP contribution in [0.15, 0.2) is 15.7 Å². The summed E-state index contributed by atoms with van der Waals surface area (Å²) in [5.41, 5.74) is 6.95. The van der Waals surface area contributed by atoms with E-state index in [0.29, 0.717) is 21.3 Å². The van der Waals surface area contributed by atoms with Crippen molar-refractivity contribution in [2.45, 2.75) is 57.5 Å². The van der Waals surface area contributed by atoms with Gasteiger partial charge in [-0.05, 0) is 67.1 Å². The monoisotopic (exact) mass is 401 g/mol. The lowest BCUT2D eigenvalue weighted by atomic mass is 9.50. The molecule has 1 aromatic carbocycles. The lowest BCUT2D eigenvalue weighted by Crippen LogP contribution is -2.62. The molecule has 0 bridgehead atoms. The largest absolute Gasteiger partial charge is 0.350 e. The van der Waals surface area contributed by atoms with Crippen LogP contribution in [-0.2, 0) is 0 Å². The van der Waals surface area contributed by atoms with E-state index in [1.165, 1.54) is 6.07 Å². The molecule has 5 rings (SSSR count). The number of nitrogens with zero attached hydrogens (tertiary/aromatic N) is 2. The Labute approximate surface area is 167 Å². The van der Waals surface area contributed by atoms with E-state index in [1.807, 2.05) is 6.92 Å². The van der Waals surface area contributed by atoms with Crippen LogP contribution in [-0.4, -0.2) is 28.4 Å². The molecule has 0 radical (unpaired) electrons. The minimum atomic E-state index is -0.645. The van der Waals surface area contributed by atoms with Gasteiger partial charge in [-0.1, -0.05) is 6.92 Å². The van der Waals surface area contributed by atoms with Gasteiger partial charge in [-0.2, -0.15) is 4.68 Å². The van der Waals surface area contributed by atoms with E-state index in [4.69, 9.17) is 11.6 Å². The minimum absolute atomic E-state index is 0.0174. The van der Waals surface area contributed by atoms with Gasteiger partial charge in [-0.25, -0.2) is 9.18 Å². The topological polar surface area (TPSA) is 108 Å². The number of hydrogen-bond donors (Lipinski definition) is 3. The minimum Gasteiger partial charge on any atom is -0.332 e. The zero-order chi connectivity index (χ0) is 20.7. The molecule has 3 fully saturated rings. The quantitative estimate of drug-likeness (QED) is 0.653. The Hall–Kier alpha value is -2.19. The molecule has 156 valence electrons. The second kappa shape index (κ2) is 6.15. The number of hydrogen-bond acceptors (Lipinski definition) is 5. The van der Waals surface area contributed by atoms with Gasteiger partial charge in [0.05, 0.1) is 10.9 Å². The van der Waals surface area contributed by atoms with Gasteiger partial charge in [0.1, 0.15) is 5.82 Å². The molecule has 4 atom stereocenters. The molecule has 2 heterocycles. The SMILES string of the molecule is Cc1c(C2CCC23CNCC(N)[C@H]3C)c(F)cc2c(=O)n(N)c(=O)n(C3CC3)c12. The third-order valence-electron chi connectivity index (χ3n) is 7.88. The average Bonchev–Trinajstić information content (AvgIpc) is 3.50. The van der Waals surface area contributed by atoms with Crippen LogP contribution in [0.2, 0.25) is 0 Å².